The van der Waals surface area contributed by atoms with E-state index in [4.69, 9.17) is 4.74 Å². The van der Waals surface area contributed by atoms with Crippen LogP contribution in [0.4, 0.5) is 0 Å². The van der Waals surface area contributed by atoms with E-state index in [-0.39, 0.29) is 0 Å². The minimum absolute atomic E-state index is 0.509. The number of benzene rings is 1. The largest absolute Gasteiger partial charge is 0.481 e. The van der Waals surface area contributed by atoms with Crippen LogP contribution in [-0.2, 0) is 6.54 Å². The fourth-order valence-corrected chi connectivity index (χ4v) is 2.39. The number of tetrazole rings is 1. The molecule has 0 unspecified atom stereocenters. The summed E-state index contributed by atoms with van der Waals surface area (Å²) in [4.78, 5) is 8.41. The molecule has 8 heteroatoms. The molecule has 7 nitrogen and oxygen atoms in total. The number of rotatable bonds is 5. The third-order valence-electron chi connectivity index (χ3n) is 2.67. The molecule has 0 aliphatic carbocycles. The molecule has 0 atom stereocenters. The van der Waals surface area contributed by atoms with Crippen LogP contribution in [0.3, 0.4) is 0 Å². The van der Waals surface area contributed by atoms with Crippen molar-refractivity contribution in [3.8, 4) is 5.88 Å². The van der Waals surface area contributed by atoms with Gasteiger partial charge in [0.15, 0.2) is 5.16 Å². The molecule has 2 heterocycles. The first-order chi connectivity index (χ1) is 10.3. The highest BCUT2D eigenvalue weighted by atomic mass is 32.2. The molecule has 0 N–H and O–H groups in total. The normalized spacial score (nSPS) is 10.5. The first-order valence-electron chi connectivity index (χ1n) is 6.20. The third-order valence-corrected chi connectivity index (χ3v) is 3.53. The molecular weight excluding hydrogens is 288 g/mol. The van der Waals surface area contributed by atoms with Crippen molar-refractivity contribution < 1.29 is 4.74 Å². The topological polar surface area (TPSA) is 78.6 Å². The van der Waals surface area contributed by atoms with Crippen LogP contribution in [0.2, 0.25) is 0 Å². The minimum Gasteiger partial charge on any atom is -0.481 e. The second-order valence-corrected chi connectivity index (χ2v) is 5.02. The van der Waals surface area contributed by atoms with Gasteiger partial charge in [-0.1, -0.05) is 30.3 Å². The molecule has 106 valence electrons. The average Bonchev–Trinajstić information content (AvgIpc) is 2.95. The van der Waals surface area contributed by atoms with E-state index in [1.54, 1.807) is 24.1 Å². The zero-order valence-electron chi connectivity index (χ0n) is 11.2. The Morgan fingerprint density at radius 3 is 2.86 bits per heavy atom. The molecular formula is C13H12N6OS. The van der Waals surface area contributed by atoms with Gasteiger partial charge in [-0.15, -0.1) is 5.10 Å². The Hall–Kier alpha value is -2.48. The molecule has 0 bridgehead atoms. The SMILES string of the molecule is COc1ccnc(Sc2nnnn2Cc2ccccc2)n1. The molecule has 3 rings (SSSR count). The molecule has 0 radical (unpaired) electrons. The first kappa shape index (κ1) is 13.5. The van der Waals surface area contributed by atoms with Crippen LogP contribution < -0.4 is 4.74 Å². The predicted molar refractivity (Wildman–Crippen MR) is 76.1 cm³/mol. The van der Waals surface area contributed by atoms with Gasteiger partial charge >= 0.3 is 0 Å². The summed E-state index contributed by atoms with van der Waals surface area (Å²) in [5.74, 6) is 0.509. The zero-order chi connectivity index (χ0) is 14.5. The number of hydrogen-bond acceptors (Lipinski definition) is 7. The highest BCUT2D eigenvalue weighted by Crippen LogP contribution is 2.23. The quantitative estimate of drug-likeness (QED) is 0.663. The van der Waals surface area contributed by atoms with E-state index in [2.05, 4.69) is 25.5 Å². The maximum atomic E-state index is 5.08. The van der Waals surface area contributed by atoms with Gasteiger partial charge in [-0.05, 0) is 27.8 Å². The van der Waals surface area contributed by atoms with Crippen molar-refractivity contribution in [2.45, 2.75) is 16.9 Å². The van der Waals surface area contributed by atoms with Crippen molar-refractivity contribution in [3.63, 3.8) is 0 Å². The lowest BCUT2D eigenvalue weighted by atomic mass is 10.2. The highest BCUT2D eigenvalue weighted by molar-refractivity contribution is 7.99. The second-order valence-electron chi connectivity index (χ2n) is 4.09. The van der Waals surface area contributed by atoms with Crippen molar-refractivity contribution in [1.29, 1.82) is 0 Å². The summed E-state index contributed by atoms with van der Waals surface area (Å²) in [6, 6.07) is 11.7. The van der Waals surface area contributed by atoms with E-state index >= 15 is 0 Å². The molecule has 0 spiro atoms. The Morgan fingerprint density at radius 2 is 2.05 bits per heavy atom. The Bertz CT molecular complexity index is 717. The van der Waals surface area contributed by atoms with Crippen LogP contribution in [0.15, 0.2) is 52.9 Å². The lowest BCUT2D eigenvalue weighted by Crippen LogP contribution is -2.04. The minimum atomic E-state index is 0.509. The van der Waals surface area contributed by atoms with Gasteiger partial charge in [0.25, 0.3) is 0 Å². The highest BCUT2D eigenvalue weighted by Gasteiger charge is 2.11. The van der Waals surface area contributed by atoms with E-state index in [9.17, 15) is 0 Å². The monoisotopic (exact) mass is 300 g/mol. The van der Waals surface area contributed by atoms with Gasteiger partial charge in [0, 0.05) is 12.3 Å². The van der Waals surface area contributed by atoms with E-state index < -0.39 is 0 Å². The molecule has 0 saturated carbocycles. The maximum Gasteiger partial charge on any atom is 0.217 e. The smallest absolute Gasteiger partial charge is 0.217 e. The Morgan fingerprint density at radius 1 is 1.19 bits per heavy atom. The first-order valence-corrected chi connectivity index (χ1v) is 7.02. The van der Waals surface area contributed by atoms with Gasteiger partial charge in [0.2, 0.25) is 11.0 Å². The van der Waals surface area contributed by atoms with Gasteiger partial charge in [-0.25, -0.2) is 9.67 Å². The predicted octanol–water partition coefficient (Wildman–Crippen LogP) is 1.67. The maximum absolute atomic E-state index is 5.08. The van der Waals surface area contributed by atoms with E-state index in [1.165, 1.54) is 11.8 Å². The zero-order valence-corrected chi connectivity index (χ0v) is 12.1. The van der Waals surface area contributed by atoms with Crippen molar-refractivity contribution in [1.82, 2.24) is 30.2 Å². The Balaban J connectivity index is 1.79. The molecule has 0 amide bonds. The van der Waals surface area contributed by atoms with E-state index in [1.807, 2.05) is 30.3 Å². The van der Waals surface area contributed by atoms with Crippen LogP contribution in [-0.4, -0.2) is 37.3 Å². The summed E-state index contributed by atoms with van der Waals surface area (Å²) in [6.07, 6.45) is 1.64. The number of methoxy groups -OCH3 is 1. The van der Waals surface area contributed by atoms with Gasteiger partial charge in [-0.2, -0.15) is 4.98 Å². The Kier molecular flexibility index (Phi) is 4.06. The molecule has 0 aliphatic heterocycles. The summed E-state index contributed by atoms with van der Waals surface area (Å²) in [5, 5.41) is 12.9. The second kappa shape index (κ2) is 6.31. The number of ether oxygens (including phenoxy) is 1. The fourth-order valence-electron chi connectivity index (χ4n) is 1.69. The van der Waals surface area contributed by atoms with Crippen LogP contribution in [0, 0.1) is 0 Å². The van der Waals surface area contributed by atoms with Crippen LogP contribution >= 0.6 is 11.8 Å². The van der Waals surface area contributed by atoms with Crippen molar-refractivity contribution in [3.05, 3.63) is 48.2 Å². The summed E-state index contributed by atoms with van der Waals surface area (Å²) < 4.78 is 6.79. The summed E-state index contributed by atoms with van der Waals surface area (Å²) >= 11 is 1.29. The standard InChI is InChI=1S/C13H12N6OS/c1-20-11-7-8-14-12(15-11)21-13-16-17-18-19(13)9-10-5-3-2-4-6-10/h2-8H,9H2,1H3. The lowest BCUT2D eigenvalue weighted by Gasteiger charge is -2.04. The summed E-state index contributed by atoms with van der Waals surface area (Å²) in [6.45, 7) is 0.597. The van der Waals surface area contributed by atoms with E-state index in [0.29, 0.717) is 22.7 Å². The average molecular weight is 300 g/mol. The molecule has 0 fully saturated rings. The number of aromatic nitrogens is 6. The van der Waals surface area contributed by atoms with Crippen molar-refractivity contribution in [2.24, 2.45) is 0 Å². The number of nitrogens with zero attached hydrogens (tertiary/aromatic N) is 6. The lowest BCUT2D eigenvalue weighted by molar-refractivity contribution is 0.392. The van der Waals surface area contributed by atoms with Gasteiger partial charge in [-0.3, -0.25) is 0 Å². The van der Waals surface area contributed by atoms with Gasteiger partial charge < -0.3 is 4.74 Å². The van der Waals surface area contributed by atoms with Gasteiger partial charge in [0.05, 0.1) is 13.7 Å². The van der Waals surface area contributed by atoms with Gasteiger partial charge in [0.1, 0.15) is 0 Å². The van der Waals surface area contributed by atoms with Crippen LogP contribution in [0.25, 0.3) is 0 Å². The van der Waals surface area contributed by atoms with E-state index in [0.717, 1.165) is 5.56 Å². The molecule has 21 heavy (non-hydrogen) atoms. The van der Waals surface area contributed by atoms with Crippen LogP contribution in [0.5, 0.6) is 5.88 Å². The molecule has 3 aromatic rings. The summed E-state index contributed by atoms with van der Waals surface area (Å²) in [7, 11) is 1.57. The molecule has 2 aromatic heterocycles. The number of hydrogen-bond donors (Lipinski definition) is 0. The Labute approximate surface area is 125 Å². The van der Waals surface area contributed by atoms with Crippen molar-refractivity contribution in [2.75, 3.05) is 7.11 Å². The molecule has 1 aromatic carbocycles. The fraction of sp³-hybridized carbons (Fsp3) is 0.154. The molecule has 0 aliphatic rings. The van der Waals surface area contributed by atoms with Crippen LogP contribution in [0.1, 0.15) is 5.56 Å². The molecule has 0 saturated heterocycles. The summed E-state index contributed by atoms with van der Waals surface area (Å²) in [5.41, 5.74) is 1.12. The third kappa shape index (κ3) is 3.34. The van der Waals surface area contributed by atoms with Crippen molar-refractivity contribution >= 4 is 11.8 Å².